The lowest BCUT2D eigenvalue weighted by atomic mass is 9.32. The standard InChI is InChI=1S/C42H62O3/c1-27(2)25-30-17-22-42(26-43)24-23-40(9)32(35(30)42)15-16-34-39(8)20-18-31(38(6,7)33(39)19-21-41(34,40)10)28-11-13-29(14-12-28)36(44)45-37(3,4)5/h11-14,18,30,32-35,43H,1,15-17,19-26H2,2-10H3. The maximum Gasteiger partial charge on any atom is 0.338 e. The van der Waals surface area contributed by atoms with Crippen LogP contribution in [0.1, 0.15) is 142 Å². The van der Waals surface area contributed by atoms with Crippen molar-refractivity contribution in [3.63, 3.8) is 0 Å². The highest BCUT2D eigenvalue weighted by molar-refractivity contribution is 5.90. The minimum absolute atomic E-state index is 0.0517. The summed E-state index contributed by atoms with van der Waals surface area (Å²) in [5.74, 6) is 3.11. The van der Waals surface area contributed by atoms with E-state index in [-0.39, 0.29) is 22.2 Å². The first-order valence-corrected chi connectivity index (χ1v) is 18.2. The third-order valence-corrected chi connectivity index (χ3v) is 15.1. The van der Waals surface area contributed by atoms with Crippen LogP contribution in [0.15, 0.2) is 42.5 Å². The zero-order chi connectivity index (χ0) is 32.8. The summed E-state index contributed by atoms with van der Waals surface area (Å²) >= 11 is 0. The minimum Gasteiger partial charge on any atom is -0.456 e. The average molecular weight is 615 g/mol. The monoisotopic (exact) mass is 614 g/mol. The van der Waals surface area contributed by atoms with Crippen LogP contribution >= 0.6 is 0 Å². The number of benzene rings is 1. The van der Waals surface area contributed by atoms with Gasteiger partial charge in [-0.25, -0.2) is 4.79 Å². The normalized spacial score (nSPS) is 42.0. The molecule has 9 unspecified atom stereocenters. The molecule has 0 aromatic heterocycles. The van der Waals surface area contributed by atoms with Gasteiger partial charge in [-0.1, -0.05) is 58.4 Å². The van der Waals surface area contributed by atoms with Gasteiger partial charge in [-0.2, -0.15) is 0 Å². The number of aliphatic hydroxyl groups is 1. The molecule has 9 atom stereocenters. The van der Waals surface area contributed by atoms with Gasteiger partial charge in [0, 0.05) is 6.61 Å². The highest BCUT2D eigenvalue weighted by Gasteiger charge is 2.70. The van der Waals surface area contributed by atoms with Gasteiger partial charge in [-0.05, 0) is 172 Å². The Labute approximate surface area is 274 Å². The number of aliphatic hydroxyl groups excluding tert-OH is 1. The van der Waals surface area contributed by atoms with Crippen LogP contribution in [0.25, 0.3) is 5.57 Å². The number of hydrogen-bond donors (Lipinski definition) is 1. The van der Waals surface area contributed by atoms with Crippen LogP contribution in [0, 0.1) is 56.7 Å². The fourth-order valence-corrected chi connectivity index (χ4v) is 13.1. The van der Waals surface area contributed by atoms with Crippen LogP contribution in [0.3, 0.4) is 0 Å². The van der Waals surface area contributed by atoms with E-state index in [0.717, 1.165) is 12.8 Å². The summed E-state index contributed by atoms with van der Waals surface area (Å²) in [5.41, 5.74) is 5.22. The van der Waals surface area contributed by atoms with Crippen LogP contribution in [0.4, 0.5) is 0 Å². The van der Waals surface area contributed by atoms with Gasteiger partial charge in [0.05, 0.1) is 5.56 Å². The first kappa shape index (κ1) is 33.0. The number of fused-ring (bicyclic) bond motifs is 7. The Bertz CT molecular complexity index is 1360. The minimum atomic E-state index is -0.497. The molecule has 1 aromatic carbocycles. The van der Waals surface area contributed by atoms with E-state index in [1.54, 1.807) is 0 Å². The maximum atomic E-state index is 12.7. The second kappa shape index (κ2) is 10.8. The topological polar surface area (TPSA) is 46.5 Å². The van der Waals surface area contributed by atoms with Gasteiger partial charge in [0.2, 0.25) is 0 Å². The Kier molecular flexibility index (Phi) is 7.95. The lowest BCUT2D eigenvalue weighted by Crippen LogP contribution is -2.65. The number of carbonyl (C=O) groups is 1. The smallest absolute Gasteiger partial charge is 0.338 e. The lowest BCUT2D eigenvalue weighted by molar-refractivity contribution is -0.229. The molecule has 0 bridgehead atoms. The Balaban J connectivity index is 1.30. The van der Waals surface area contributed by atoms with Crippen LogP contribution in [0.2, 0.25) is 0 Å². The first-order valence-electron chi connectivity index (χ1n) is 18.2. The Hall–Kier alpha value is -1.87. The molecule has 248 valence electrons. The van der Waals surface area contributed by atoms with E-state index >= 15 is 0 Å². The summed E-state index contributed by atoms with van der Waals surface area (Å²) < 4.78 is 5.63. The number of rotatable bonds is 5. The summed E-state index contributed by atoms with van der Waals surface area (Å²) in [6.07, 6.45) is 15.0. The van der Waals surface area contributed by atoms with E-state index in [0.29, 0.717) is 52.6 Å². The summed E-state index contributed by atoms with van der Waals surface area (Å²) in [7, 11) is 0. The highest BCUT2D eigenvalue weighted by Crippen LogP contribution is 2.77. The van der Waals surface area contributed by atoms with E-state index in [9.17, 15) is 9.90 Å². The Morgan fingerprint density at radius 1 is 0.911 bits per heavy atom. The van der Waals surface area contributed by atoms with Crippen molar-refractivity contribution in [1.82, 2.24) is 0 Å². The largest absolute Gasteiger partial charge is 0.456 e. The fourth-order valence-electron chi connectivity index (χ4n) is 13.1. The summed E-state index contributed by atoms with van der Waals surface area (Å²) in [4.78, 5) is 12.7. The van der Waals surface area contributed by atoms with E-state index in [1.807, 2.05) is 32.9 Å². The molecule has 0 spiro atoms. The van der Waals surface area contributed by atoms with Gasteiger partial charge >= 0.3 is 5.97 Å². The molecule has 4 fully saturated rings. The molecule has 3 heteroatoms. The summed E-state index contributed by atoms with van der Waals surface area (Å²) in [6.45, 7) is 25.7. The first-order chi connectivity index (χ1) is 20.9. The number of carbonyl (C=O) groups excluding carboxylic acids is 1. The predicted octanol–water partition coefficient (Wildman–Crippen LogP) is 10.7. The molecule has 1 aromatic rings. The van der Waals surface area contributed by atoms with Crippen molar-refractivity contribution in [2.24, 2.45) is 56.7 Å². The van der Waals surface area contributed by atoms with E-state index in [2.05, 4.69) is 66.3 Å². The number of esters is 1. The second-order valence-corrected chi connectivity index (χ2v) is 18.8. The Morgan fingerprint density at radius 2 is 1.60 bits per heavy atom. The molecule has 0 heterocycles. The second-order valence-electron chi connectivity index (χ2n) is 18.8. The average Bonchev–Trinajstić information content (AvgIpc) is 3.30. The number of allylic oxidation sites excluding steroid dienone is 3. The number of ether oxygens (including phenoxy) is 1. The molecular weight excluding hydrogens is 552 g/mol. The van der Waals surface area contributed by atoms with E-state index < -0.39 is 5.60 Å². The van der Waals surface area contributed by atoms with E-state index in [1.165, 1.54) is 68.1 Å². The van der Waals surface area contributed by atoms with Gasteiger partial charge in [0.1, 0.15) is 5.60 Å². The quantitative estimate of drug-likeness (QED) is 0.265. The molecule has 0 saturated heterocycles. The SMILES string of the molecule is C=C(C)CC1CCC2(CO)CCC3(C)C(CCC4C5(C)CC=C(c6ccc(C(=O)OC(C)(C)C)cc6)C(C)(C)C5CCC43C)C12. The fraction of sp³-hybridized carbons (Fsp3) is 0.738. The zero-order valence-corrected chi connectivity index (χ0v) is 30.0. The van der Waals surface area contributed by atoms with Crippen molar-refractivity contribution in [1.29, 1.82) is 0 Å². The van der Waals surface area contributed by atoms with Crippen molar-refractivity contribution in [2.45, 2.75) is 132 Å². The molecular formula is C42H62O3. The molecule has 0 aliphatic heterocycles. The van der Waals surface area contributed by atoms with Gasteiger partial charge in [-0.15, -0.1) is 6.58 Å². The van der Waals surface area contributed by atoms with Gasteiger partial charge in [-0.3, -0.25) is 0 Å². The molecule has 5 aliphatic carbocycles. The summed E-state index contributed by atoms with van der Waals surface area (Å²) in [6, 6.07) is 8.20. The van der Waals surface area contributed by atoms with Crippen LogP contribution < -0.4 is 0 Å². The van der Waals surface area contributed by atoms with Crippen molar-refractivity contribution < 1.29 is 14.6 Å². The predicted molar refractivity (Wildman–Crippen MR) is 186 cm³/mol. The van der Waals surface area contributed by atoms with E-state index in [4.69, 9.17) is 4.74 Å². The molecule has 1 N–H and O–H groups in total. The van der Waals surface area contributed by atoms with Gasteiger partial charge in [0.15, 0.2) is 0 Å². The summed E-state index contributed by atoms with van der Waals surface area (Å²) in [5, 5.41) is 10.9. The zero-order valence-electron chi connectivity index (χ0n) is 30.0. The van der Waals surface area contributed by atoms with Gasteiger partial charge in [0.25, 0.3) is 0 Å². The van der Waals surface area contributed by atoms with Crippen LogP contribution in [0.5, 0.6) is 0 Å². The molecule has 5 aliphatic rings. The molecule has 3 nitrogen and oxygen atoms in total. The third kappa shape index (κ3) is 4.95. The van der Waals surface area contributed by atoms with Crippen molar-refractivity contribution >= 4 is 11.5 Å². The number of hydrogen-bond acceptors (Lipinski definition) is 3. The molecule has 0 amide bonds. The van der Waals surface area contributed by atoms with Crippen LogP contribution in [-0.2, 0) is 4.74 Å². The van der Waals surface area contributed by atoms with Crippen molar-refractivity contribution in [3.8, 4) is 0 Å². The van der Waals surface area contributed by atoms with Crippen LogP contribution in [-0.4, -0.2) is 23.3 Å². The molecule has 0 radical (unpaired) electrons. The maximum absolute atomic E-state index is 12.7. The Morgan fingerprint density at radius 3 is 2.22 bits per heavy atom. The highest BCUT2D eigenvalue weighted by atomic mass is 16.6. The molecule has 45 heavy (non-hydrogen) atoms. The third-order valence-electron chi connectivity index (χ3n) is 15.1. The molecule has 6 rings (SSSR count). The lowest BCUT2D eigenvalue weighted by Gasteiger charge is -2.72. The van der Waals surface area contributed by atoms with Crippen molar-refractivity contribution in [2.75, 3.05) is 6.61 Å². The van der Waals surface area contributed by atoms with Crippen molar-refractivity contribution in [3.05, 3.63) is 53.6 Å². The van der Waals surface area contributed by atoms with Gasteiger partial charge < -0.3 is 9.84 Å². The molecule has 4 saturated carbocycles.